The second-order valence-corrected chi connectivity index (χ2v) is 4.36. The van der Waals surface area contributed by atoms with Crippen LogP contribution in [0.2, 0.25) is 0 Å². The van der Waals surface area contributed by atoms with Crippen LogP contribution in [0.4, 0.5) is 0 Å². The average molecular weight is 225 g/mol. The third-order valence-corrected chi connectivity index (χ3v) is 2.86. The Bertz CT molecular complexity index is 309. The molecule has 0 aromatic carbocycles. The van der Waals surface area contributed by atoms with Gasteiger partial charge in [-0.3, -0.25) is 4.68 Å². The number of rotatable bonds is 6. The first-order valence-corrected chi connectivity index (χ1v) is 5.85. The van der Waals surface area contributed by atoms with Gasteiger partial charge >= 0.3 is 0 Å². The van der Waals surface area contributed by atoms with E-state index in [9.17, 15) is 0 Å². The van der Waals surface area contributed by atoms with E-state index in [-0.39, 0.29) is 12.1 Å². The summed E-state index contributed by atoms with van der Waals surface area (Å²) in [5.74, 6) is 0.462. The molecule has 1 N–H and O–H groups in total. The molecule has 0 radical (unpaired) electrons. The van der Waals surface area contributed by atoms with Crippen LogP contribution in [0.15, 0.2) is 12.3 Å². The minimum atomic E-state index is 0.162. The molecular weight excluding hydrogens is 202 g/mol. The highest BCUT2D eigenvalue weighted by Gasteiger charge is 2.27. The maximum atomic E-state index is 5.60. The van der Waals surface area contributed by atoms with Crippen molar-refractivity contribution in [1.82, 2.24) is 15.1 Å². The van der Waals surface area contributed by atoms with E-state index in [2.05, 4.69) is 31.2 Å². The number of nitrogens with one attached hydrogen (secondary N) is 1. The smallest absolute Gasteiger partial charge is 0.0804 e. The van der Waals surface area contributed by atoms with Crippen LogP contribution >= 0.6 is 0 Å². The molecule has 1 aromatic rings. The largest absolute Gasteiger partial charge is 0.379 e. The summed E-state index contributed by atoms with van der Waals surface area (Å²) in [5, 5.41) is 7.69. The van der Waals surface area contributed by atoms with Gasteiger partial charge in [-0.05, 0) is 18.5 Å². The summed E-state index contributed by atoms with van der Waals surface area (Å²) in [6.45, 7) is 7.38. The summed E-state index contributed by atoms with van der Waals surface area (Å²) >= 11 is 0. The highest BCUT2D eigenvalue weighted by atomic mass is 16.5. The minimum Gasteiger partial charge on any atom is -0.379 e. The molecule has 4 heteroatoms. The van der Waals surface area contributed by atoms with Crippen molar-refractivity contribution in [2.75, 3.05) is 13.7 Å². The van der Waals surface area contributed by atoms with E-state index in [1.54, 1.807) is 7.11 Å². The number of ether oxygens (including phenoxy) is 1. The molecule has 4 nitrogen and oxygen atoms in total. The molecule has 0 fully saturated rings. The first-order chi connectivity index (χ1) is 7.61. The summed E-state index contributed by atoms with van der Waals surface area (Å²) in [7, 11) is 3.73. The molecule has 2 unspecified atom stereocenters. The topological polar surface area (TPSA) is 39.1 Å². The number of hydrogen-bond donors (Lipinski definition) is 1. The minimum absolute atomic E-state index is 0.162. The molecular formula is C12H23N3O. The van der Waals surface area contributed by atoms with Crippen LogP contribution in [0, 0.1) is 5.92 Å². The summed E-state index contributed by atoms with van der Waals surface area (Å²) in [6, 6.07) is 2.24. The molecule has 0 spiro atoms. The van der Waals surface area contributed by atoms with E-state index in [4.69, 9.17) is 4.74 Å². The zero-order chi connectivity index (χ0) is 12.1. The molecule has 0 saturated heterocycles. The van der Waals surface area contributed by atoms with Crippen LogP contribution < -0.4 is 5.32 Å². The van der Waals surface area contributed by atoms with E-state index in [1.165, 1.54) is 5.69 Å². The van der Waals surface area contributed by atoms with Crippen molar-refractivity contribution in [2.45, 2.75) is 32.9 Å². The first-order valence-electron chi connectivity index (χ1n) is 5.85. The van der Waals surface area contributed by atoms with E-state index in [0.717, 1.165) is 6.54 Å². The number of methoxy groups -OCH3 is 1. The van der Waals surface area contributed by atoms with Crippen molar-refractivity contribution in [3.05, 3.63) is 18.0 Å². The molecule has 0 saturated carbocycles. The SMILES string of the molecule is CCNC(c1ccnn1C)C(OC)C(C)C. The normalized spacial score (nSPS) is 15.4. The van der Waals surface area contributed by atoms with Gasteiger partial charge in [0.1, 0.15) is 0 Å². The van der Waals surface area contributed by atoms with Crippen molar-refractivity contribution in [3.8, 4) is 0 Å². The van der Waals surface area contributed by atoms with Crippen LogP contribution in [0.1, 0.15) is 32.5 Å². The second-order valence-electron chi connectivity index (χ2n) is 4.36. The van der Waals surface area contributed by atoms with E-state index in [1.807, 2.05) is 24.0 Å². The van der Waals surface area contributed by atoms with Crippen molar-refractivity contribution >= 4 is 0 Å². The Labute approximate surface area is 98.0 Å². The Kier molecular flexibility index (Phi) is 4.96. The summed E-state index contributed by atoms with van der Waals surface area (Å²) in [5.41, 5.74) is 1.17. The summed E-state index contributed by atoms with van der Waals surface area (Å²) in [4.78, 5) is 0. The lowest BCUT2D eigenvalue weighted by Gasteiger charge is -2.29. The highest BCUT2D eigenvalue weighted by molar-refractivity contribution is 5.09. The molecule has 0 aliphatic rings. The second kappa shape index (κ2) is 6.01. The van der Waals surface area contributed by atoms with Crippen LogP contribution in [0.25, 0.3) is 0 Å². The Balaban J connectivity index is 2.93. The number of hydrogen-bond acceptors (Lipinski definition) is 3. The lowest BCUT2D eigenvalue weighted by molar-refractivity contribution is 0.0308. The molecule has 0 aliphatic heterocycles. The van der Waals surface area contributed by atoms with Gasteiger partial charge in [0, 0.05) is 20.4 Å². The lowest BCUT2D eigenvalue weighted by atomic mass is 9.97. The highest BCUT2D eigenvalue weighted by Crippen LogP contribution is 2.23. The molecule has 0 amide bonds. The number of likely N-dealkylation sites (N-methyl/N-ethyl adjacent to an activating group) is 1. The number of nitrogens with zero attached hydrogens (tertiary/aromatic N) is 2. The molecule has 1 rings (SSSR count). The van der Waals surface area contributed by atoms with Crippen LogP contribution in [-0.4, -0.2) is 29.5 Å². The van der Waals surface area contributed by atoms with Gasteiger partial charge in [-0.25, -0.2) is 0 Å². The maximum Gasteiger partial charge on any atom is 0.0804 e. The van der Waals surface area contributed by atoms with Crippen molar-refractivity contribution in [2.24, 2.45) is 13.0 Å². The fourth-order valence-electron chi connectivity index (χ4n) is 2.09. The summed E-state index contributed by atoms with van der Waals surface area (Å²) in [6.07, 6.45) is 1.99. The molecule has 1 heterocycles. The van der Waals surface area contributed by atoms with Crippen LogP contribution in [-0.2, 0) is 11.8 Å². The summed E-state index contributed by atoms with van der Waals surface area (Å²) < 4.78 is 7.51. The predicted octanol–water partition coefficient (Wildman–Crippen LogP) is 1.74. The van der Waals surface area contributed by atoms with Crippen molar-refractivity contribution < 1.29 is 4.74 Å². The fourth-order valence-corrected chi connectivity index (χ4v) is 2.09. The van der Waals surface area contributed by atoms with Gasteiger partial charge in [0.25, 0.3) is 0 Å². The van der Waals surface area contributed by atoms with E-state index < -0.39 is 0 Å². The van der Waals surface area contributed by atoms with Gasteiger partial charge < -0.3 is 10.1 Å². The maximum absolute atomic E-state index is 5.60. The Hall–Kier alpha value is -0.870. The predicted molar refractivity (Wildman–Crippen MR) is 65.3 cm³/mol. The Morgan fingerprint density at radius 2 is 2.19 bits per heavy atom. The molecule has 16 heavy (non-hydrogen) atoms. The Morgan fingerprint density at radius 1 is 1.50 bits per heavy atom. The van der Waals surface area contributed by atoms with Gasteiger partial charge in [0.15, 0.2) is 0 Å². The monoisotopic (exact) mass is 225 g/mol. The van der Waals surface area contributed by atoms with Crippen molar-refractivity contribution in [3.63, 3.8) is 0 Å². The molecule has 2 atom stereocenters. The third-order valence-electron chi connectivity index (χ3n) is 2.86. The van der Waals surface area contributed by atoms with Gasteiger partial charge in [-0.15, -0.1) is 0 Å². The standard InChI is InChI=1S/C12H23N3O/c1-6-13-11(12(16-5)9(2)3)10-7-8-14-15(10)4/h7-9,11-13H,6H2,1-5H3. The molecule has 1 aromatic heterocycles. The van der Waals surface area contributed by atoms with Gasteiger partial charge in [-0.1, -0.05) is 20.8 Å². The zero-order valence-corrected chi connectivity index (χ0v) is 10.9. The third kappa shape index (κ3) is 2.83. The van der Waals surface area contributed by atoms with Crippen LogP contribution in [0.3, 0.4) is 0 Å². The van der Waals surface area contributed by atoms with E-state index >= 15 is 0 Å². The lowest BCUT2D eigenvalue weighted by Crippen LogP contribution is -2.37. The van der Waals surface area contributed by atoms with Gasteiger partial charge in [-0.2, -0.15) is 5.10 Å². The molecule has 0 aliphatic carbocycles. The average Bonchev–Trinajstić information content (AvgIpc) is 2.63. The van der Waals surface area contributed by atoms with Gasteiger partial charge in [0.2, 0.25) is 0 Å². The fraction of sp³-hybridized carbons (Fsp3) is 0.750. The van der Waals surface area contributed by atoms with Gasteiger partial charge in [0.05, 0.1) is 17.8 Å². The van der Waals surface area contributed by atoms with E-state index in [0.29, 0.717) is 5.92 Å². The zero-order valence-electron chi connectivity index (χ0n) is 10.9. The Morgan fingerprint density at radius 3 is 2.56 bits per heavy atom. The first kappa shape index (κ1) is 13.2. The van der Waals surface area contributed by atoms with Crippen LogP contribution in [0.5, 0.6) is 0 Å². The molecule has 92 valence electrons. The number of aryl methyl sites for hydroxylation is 1. The van der Waals surface area contributed by atoms with Crippen molar-refractivity contribution in [1.29, 1.82) is 0 Å². The quantitative estimate of drug-likeness (QED) is 0.801. The number of aromatic nitrogens is 2. The molecule has 0 bridgehead atoms.